The number of hydrogen-bond acceptors (Lipinski definition) is 4. The maximum atomic E-state index is 12.6. The molecule has 7 heteroatoms. The molecule has 0 fully saturated rings. The Morgan fingerprint density at radius 1 is 1.27 bits per heavy atom. The number of thiazole rings is 1. The minimum Gasteiger partial charge on any atom is -0.495 e. The maximum absolute atomic E-state index is 12.6. The molecule has 2 aromatic carbocycles. The van der Waals surface area contributed by atoms with E-state index in [1.165, 1.54) is 11.3 Å². The van der Waals surface area contributed by atoms with E-state index in [-0.39, 0.29) is 5.91 Å². The zero-order valence-electron chi connectivity index (χ0n) is 14.6. The predicted molar refractivity (Wildman–Crippen MR) is 104 cm³/mol. The van der Waals surface area contributed by atoms with Gasteiger partial charge in [-0.3, -0.25) is 4.79 Å². The molecule has 1 amide bonds. The second kappa shape index (κ2) is 8.49. The van der Waals surface area contributed by atoms with Gasteiger partial charge in [0.1, 0.15) is 11.3 Å². The molecule has 5 nitrogen and oxygen atoms in total. The molecule has 3 rings (SSSR count). The highest BCUT2D eigenvalue weighted by Gasteiger charge is 2.13. The Labute approximate surface area is 160 Å². The number of benzene rings is 2. The highest BCUT2D eigenvalue weighted by molar-refractivity contribution is 7.16. The standard InChI is InChI=1S/C19H19ClN2O3S/c1-3-25-11-10-22-17-15(24-2)8-5-9-16(17)26-19(22)21-18(23)13-6-4-7-14(20)12-13/h4-9,12H,3,10-11H2,1-2H3. The number of halogens is 1. The van der Waals surface area contributed by atoms with Crippen molar-refractivity contribution in [1.82, 2.24) is 4.57 Å². The number of carbonyl (C=O) groups excluding carboxylic acids is 1. The van der Waals surface area contributed by atoms with Crippen molar-refractivity contribution < 1.29 is 14.3 Å². The van der Waals surface area contributed by atoms with Crippen molar-refractivity contribution in [3.8, 4) is 5.75 Å². The zero-order chi connectivity index (χ0) is 18.5. The van der Waals surface area contributed by atoms with Gasteiger partial charge in [0.25, 0.3) is 5.91 Å². The Bertz CT molecular complexity index is 994. The Kier molecular flexibility index (Phi) is 6.08. The molecule has 0 saturated carbocycles. The topological polar surface area (TPSA) is 52.8 Å². The molecule has 0 saturated heterocycles. The number of hydrogen-bond donors (Lipinski definition) is 0. The molecular weight excluding hydrogens is 372 g/mol. The first-order valence-corrected chi connectivity index (χ1v) is 9.42. The van der Waals surface area contributed by atoms with Crippen LogP contribution in [-0.2, 0) is 11.3 Å². The summed E-state index contributed by atoms with van der Waals surface area (Å²) < 4.78 is 14.0. The highest BCUT2D eigenvalue weighted by atomic mass is 35.5. The molecule has 0 aliphatic carbocycles. The lowest BCUT2D eigenvalue weighted by atomic mass is 10.2. The fourth-order valence-corrected chi connectivity index (χ4v) is 3.89. The quantitative estimate of drug-likeness (QED) is 0.594. The summed E-state index contributed by atoms with van der Waals surface area (Å²) in [5.41, 5.74) is 1.37. The third-order valence-corrected chi connectivity index (χ3v) is 5.09. The fraction of sp³-hybridized carbons (Fsp3) is 0.263. The van der Waals surface area contributed by atoms with Crippen molar-refractivity contribution in [1.29, 1.82) is 0 Å². The maximum Gasteiger partial charge on any atom is 0.279 e. The van der Waals surface area contributed by atoms with Crippen LogP contribution < -0.4 is 9.54 Å². The van der Waals surface area contributed by atoms with E-state index in [1.807, 2.05) is 29.7 Å². The second-order valence-electron chi connectivity index (χ2n) is 5.47. The number of para-hydroxylation sites is 1. The van der Waals surface area contributed by atoms with Crippen LogP contribution in [0.1, 0.15) is 17.3 Å². The number of nitrogens with zero attached hydrogens (tertiary/aromatic N) is 2. The molecule has 0 spiro atoms. The smallest absolute Gasteiger partial charge is 0.279 e. The number of carbonyl (C=O) groups is 1. The lowest BCUT2D eigenvalue weighted by Crippen LogP contribution is -2.20. The molecule has 3 aromatic rings. The minimum absolute atomic E-state index is 0.330. The van der Waals surface area contributed by atoms with Crippen LogP contribution in [0.2, 0.25) is 5.02 Å². The van der Waals surface area contributed by atoms with Gasteiger partial charge >= 0.3 is 0 Å². The number of aromatic nitrogens is 1. The number of amides is 1. The zero-order valence-corrected chi connectivity index (χ0v) is 16.1. The third-order valence-electron chi connectivity index (χ3n) is 3.82. The molecule has 1 heterocycles. The van der Waals surface area contributed by atoms with Crippen molar-refractivity contribution >= 4 is 39.1 Å². The van der Waals surface area contributed by atoms with Crippen LogP contribution in [0.4, 0.5) is 0 Å². The fourth-order valence-electron chi connectivity index (χ4n) is 2.63. The van der Waals surface area contributed by atoms with Gasteiger partial charge in [0.15, 0.2) is 4.80 Å². The lowest BCUT2D eigenvalue weighted by Gasteiger charge is -2.08. The molecule has 0 radical (unpaired) electrons. The SMILES string of the molecule is CCOCCn1c(=NC(=O)c2cccc(Cl)c2)sc2cccc(OC)c21. The van der Waals surface area contributed by atoms with Gasteiger partial charge in [0.2, 0.25) is 0 Å². The van der Waals surface area contributed by atoms with Crippen molar-refractivity contribution in [3.05, 3.63) is 57.9 Å². The summed E-state index contributed by atoms with van der Waals surface area (Å²) >= 11 is 7.43. The Morgan fingerprint density at radius 3 is 2.81 bits per heavy atom. The number of ether oxygens (including phenoxy) is 2. The molecule has 0 aliphatic rings. The van der Waals surface area contributed by atoms with Crippen LogP contribution in [0.15, 0.2) is 47.5 Å². The molecule has 26 heavy (non-hydrogen) atoms. The molecule has 136 valence electrons. The summed E-state index contributed by atoms with van der Waals surface area (Å²) in [6, 6.07) is 12.6. The monoisotopic (exact) mass is 390 g/mol. The van der Waals surface area contributed by atoms with Crippen LogP contribution in [0, 0.1) is 0 Å². The molecule has 0 bridgehead atoms. The average molecular weight is 391 g/mol. The predicted octanol–water partition coefficient (Wildman–Crippen LogP) is 4.14. The van der Waals surface area contributed by atoms with E-state index >= 15 is 0 Å². The normalized spacial score (nSPS) is 11.9. The van der Waals surface area contributed by atoms with Gasteiger partial charge < -0.3 is 14.0 Å². The summed E-state index contributed by atoms with van der Waals surface area (Å²) in [6.07, 6.45) is 0. The summed E-state index contributed by atoms with van der Waals surface area (Å²) in [5.74, 6) is 0.412. The van der Waals surface area contributed by atoms with E-state index in [9.17, 15) is 4.79 Å². The van der Waals surface area contributed by atoms with E-state index in [0.717, 1.165) is 16.0 Å². The lowest BCUT2D eigenvalue weighted by molar-refractivity contribution is 0.0996. The van der Waals surface area contributed by atoms with E-state index in [1.54, 1.807) is 31.4 Å². The van der Waals surface area contributed by atoms with Gasteiger partial charge in [-0.2, -0.15) is 4.99 Å². The molecule has 0 unspecified atom stereocenters. The van der Waals surface area contributed by atoms with Crippen molar-refractivity contribution in [2.24, 2.45) is 4.99 Å². The number of fused-ring (bicyclic) bond motifs is 1. The van der Waals surface area contributed by atoms with Gasteiger partial charge in [-0.15, -0.1) is 0 Å². The molecule has 0 N–H and O–H groups in total. The number of rotatable bonds is 6. The largest absolute Gasteiger partial charge is 0.495 e. The highest BCUT2D eigenvalue weighted by Crippen LogP contribution is 2.27. The van der Waals surface area contributed by atoms with Crippen LogP contribution in [0.5, 0.6) is 5.75 Å². The van der Waals surface area contributed by atoms with Gasteiger partial charge in [0.05, 0.1) is 18.4 Å². The molecular formula is C19H19ClN2O3S. The molecule has 0 atom stereocenters. The number of methoxy groups -OCH3 is 1. The minimum atomic E-state index is -0.330. The first-order valence-electron chi connectivity index (χ1n) is 8.22. The Morgan fingerprint density at radius 2 is 2.08 bits per heavy atom. The van der Waals surface area contributed by atoms with Gasteiger partial charge in [-0.05, 0) is 37.3 Å². The first kappa shape index (κ1) is 18.6. The van der Waals surface area contributed by atoms with Crippen molar-refractivity contribution in [3.63, 3.8) is 0 Å². The summed E-state index contributed by atoms with van der Waals surface area (Å²) in [7, 11) is 1.63. The summed E-state index contributed by atoms with van der Waals surface area (Å²) in [5, 5.41) is 0.508. The Balaban J connectivity index is 2.11. The van der Waals surface area contributed by atoms with E-state index in [0.29, 0.717) is 35.1 Å². The molecule has 1 aromatic heterocycles. The summed E-state index contributed by atoms with van der Waals surface area (Å²) in [6.45, 7) is 3.69. The van der Waals surface area contributed by atoms with E-state index in [4.69, 9.17) is 21.1 Å². The summed E-state index contributed by atoms with van der Waals surface area (Å²) in [4.78, 5) is 17.5. The Hall–Kier alpha value is -2.15. The van der Waals surface area contributed by atoms with Gasteiger partial charge in [-0.25, -0.2) is 0 Å². The van der Waals surface area contributed by atoms with Crippen LogP contribution in [-0.4, -0.2) is 30.8 Å². The first-order chi connectivity index (χ1) is 12.6. The van der Waals surface area contributed by atoms with Gasteiger partial charge in [0, 0.05) is 23.7 Å². The average Bonchev–Trinajstić information content (AvgIpc) is 2.99. The van der Waals surface area contributed by atoms with E-state index in [2.05, 4.69) is 4.99 Å². The second-order valence-corrected chi connectivity index (χ2v) is 6.91. The van der Waals surface area contributed by atoms with Crippen molar-refractivity contribution in [2.45, 2.75) is 13.5 Å². The van der Waals surface area contributed by atoms with Gasteiger partial charge in [-0.1, -0.05) is 35.1 Å². The van der Waals surface area contributed by atoms with Crippen LogP contribution in [0.3, 0.4) is 0 Å². The van der Waals surface area contributed by atoms with Crippen LogP contribution >= 0.6 is 22.9 Å². The van der Waals surface area contributed by atoms with Crippen LogP contribution in [0.25, 0.3) is 10.2 Å². The molecule has 0 aliphatic heterocycles. The van der Waals surface area contributed by atoms with Crippen molar-refractivity contribution in [2.75, 3.05) is 20.3 Å². The third kappa shape index (κ3) is 3.98. The van der Waals surface area contributed by atoms with E-state index < -0.39 is 0 Å².